The molecule has 0 amide bonds. The standard InChI is InChI=1S/C22H29N3O5/c1-21(2)9-14(26)10-22(3,12-21)13-23-11-15-18(27)24-20(29)25(19(15)28)16-7-5-6-8-17(16)30-4/h5-8,11,14,26,28H,9-10,12-13H2,1-4H3,(H,24,27,29). The van der Waals surface area contributed by atoms with Gasteiger partial charge >= 0.3 is 5.69 Å². The molecule has 162 valence electrons. The molecule has 3 rings (SSSR count). The molecule has 8 heteroatoms. The zero-order valence-electron chi connectivity index (χ0n) is 17.8. The van der Waals surface area contributed by atoms with E-state index in [-0.39, 0.29) is 16.4 Å². The average Bonchev–Trinajstić information content (AvgIpc) is 2.62. The summed E-state index contributed by atoms with van der Waals surface area (Å²) in [5.74, 6) is -0.137. The maximum absolute atomic E-state index is 12.4. The predicted octanol–water partition coefficient (Wildman–Crippen LogP) is 2.24. The van der Waals surface area contributed by atoms with E-state index in [0.717, 1.165) is 17.4 Å². The number of ether oxygens (including phenoxy) is 1. The van der Waals surface area contributed by atoms with Crippen molar-refractivity contribution >= 4 is 6.21 Å². The van der Waals surface area contributed by atoms with Gasteiger partial charge in [0.25, 0.3) is 5.56 Å². The van der Waals surface area contributed by atoms with Gasteiger partial charge in [-0.05, 0) is 42.2 Å². The summed E-state index contributed by atoms with van der Waals surface area (Å²) in [6, 6.07) is 6.68. The second kappa shape index (κ2) is 8.10. The van der Waals surface area contributed by atoms with Crippen LogP contribution in [0.2, 0.25) is 0 Å². The van der Waals surface area contributed by atoms with Gasteiger partial charge in [-0.1, -0.05) is 32.9 Å². The van der Waals surface area contributed by atoms with Crippen LogP contribution < -0.4 is 16.0 Å². The molecule has 1 aliphatic rings. The lowest BCUT2D eigenvalue weighted by Gasteiger charge is -2.44. The van der Waals surface area contributed by atoms with Gasteiger partial charge in [0.05, 0.1) is 18.9 Å². The number of aromatic hydroxyl groups is 1. The maximum Gasteiger partial charge on any atom is 0.335 e. The number of methoxy groups -OCH3 is 1. The summed E-state index contributed by atoms with van der Waals surface area (Å²) in [7, 11) is 1.45. The Morgan fingerprint density at radius 3 is 2.63 bits per heavy atom. The first-order valence-electron chi connectivity index (χ1n) is 9.95. The average molecular weight is 415 g/mol. The van der Waals surface area contributed by atoms with Crippen LogP contribution in [0.5, 0.6) is 11.6 Å². The molecule has 8 nitrogen and oxygen atoms in total. The van der Waals surface area contributed by atoms with E-state index in [2.05, 4.69) is 30.7 Å². The molecule has 1 saturated carbocycles. The van der Waals surface area contributed by atoms with Gasteiger partial charge in [0.1, 0.15) is 11.3 Å². The first-order valence-corrected chi connectivity index (χ1v) is 9.95. The minimum atomic E-state index is -0.775. The number of benzene rings is 1. The Morgan fingerprint density at radius 2 is 1.97 bits per heavy atom. The van der Waals surface area contributed by atoms with Crippen molar-refractivity contribution in [3.05, 3.63) is 50.7 Å². The molecule has 0 radical (unpaired) electrons. The van der Waals surface area contributed by atoms with Gasteiger partial charge in [-0.15, -0.1) is 0 Å². The molecule has 2 aromatic rings. The number of para-hydroxylation sites is 2. The summed E-state index contributed by atoms with van der Waals surface area (Å²) in [4.78, 5) is 31.3. The van der Waals surface area contributed by atoms with Gasteiger partial charge in [-0.3, -0.25) is 14.8 Å². The van der Waals surface area contributed by atoms with Crippen LogP contribution in [0.15, 0.2) is 38.8 Å². The molecule has 1 aromatic carbocycles. The molecule has 2 atom stereocenters. The van der Waals surface area contributed by atoms with Crippen LogP contribution in [0.1, 0.15) is 45.6 Å². The molecule has 30 heavy (non-hydrogen) atoms. The molecule has 1 aromatic heterocycles. The number of nitrogens with one attached hydrogen (secondary N) is 1. The molecule has 1 heterocycles. The van der Waals surface area contributed by atoms with Crippen molar-refractivity contribution in [1.82, 2.24) is 9.55 Å². The number of rotatable bonds is 5. The van der Waals surface area contributed by atoms with E-state index < -0.39 is 23.2 Å². The predicted molar refractivity (Wildman–Crippen MR) is 115 cm³/mol. The number of aliphatic imine (C=N–C) groups is 1. The van der Waals surface area contributed by atoms with Gasteiger partial charge in [0.2, 0.25) is 5.88 Å². The van der Waals surface area contributed by atoms with E-state index in [4.69, 9.17) is 4.74 Å². The van der Waals surface area contributed by atoms with E-state index in [9.17, 15) is 19.8 Å². The number of hydrogen-bond acceptors (Lipinski definition) is 6. The SMILES string of the molecule is COc1ccccc1-n1c(O)c(C=NCC2(C)CC(O)CC(C)(C)C2)c(=O)[nH]c1=O. The third-order valence-electron chi connectivity index (χ3n) is 5.56. The lowest BCUT2D eigenvalue weighted by molar-refractivity contribution is -0.00472. The van der Waals surface area contributed by atoms with Crippen LogP contribution >= 0.6 is 0 Å². The fourth-order valence-corrected chi connectivity index (χ4v) is 4.75. The maximum atomic E-state index is 12.4. The van der Waals surface area contributed by atoms with E-state index in [1.807, 2.05) is 0 Å². The van der Waals surface area contributed by atoms with Crippen LogP contribution in [0.3, 0.4) is 0 Å². The van der Waals surface area contributed by atoms with E-state index in [1.165, 1.54) is 13.3 Å². The molecule has 3 N–H and O–H groups in total. The molecule has 1 aliphatic carbocycles. The van der Waals surface area contributed by atoms with Crippen LogP contribution in [-0.2, 0) is 0 Å². The number of aromatic amines is 1. The number of aromatic nitrogens is 2. The number of H-pyrrole nitrogens is 1. The molecule has 0 spiro atoms. The third-order valence-corrected chi connectivity index (χ3v) is 5.56. The van der Waals surface area contributed by atoms with E-state index in [0.29, 0.717) is 24.4 Å². The first-order chi connectivity index (χ1) is 14.1. The Kier molecular flexibility index (Phi) is 5.90. The Labute approximate surface area is 174 Å². The number of nitrogens with zero attached hydrogens (tertiary/aromatic N) is 2. The van der Waals surface area contributed by atoms with Gasteiger partial charge in [-0.2, -0.15) is 0 Å². The quantitative estimate of drug-likeness (QED) is 0.648. The largest absolute Gasteiger partial charge is 0.495 e. The summed E-state index contributed by atoms with van der Waals surface area (Å²) in [6.07, 6.45) is 3.15. The van der Waals surface area contributed by atoms with Crippen molar-refractivity contribution in [3.63, 3.8) is 0 Å². The monoisotopic (exact) mass is 415 g/mol. The third kappa shape index (κ3) is 4.48. The van der Waals surface area contributed by atoms with Crippen LogP contribution in [-0.4, -0.2) is 45.7 Å². The second-order valence-corrected chi connectivity index (χ2v) is 9.19. The molecule has 1 fully saturated rings. The van der Waals surface area contributed by atoms with Crippen molar-refractivity contribution in [2.75, 3.05) is 13.7 Å². The zero-order valence-corrected chi connectivity index (χ0v) is 17.8. The second-order valence-electron chi connectivity index (χ2n) is 9.19. The first kappa shape index (κ1) is 21.8. The highest BCUT2D eigenvalue weighted by atomic mass is 16.5. The molecule has 2 unspecified atom stereocenters. The minimum absolute atomic E-state index is 0.00135. The number of hydrogen-bond donors (Lipinski definition) is 3. The van der Waals surface area contributed by atoms with Gasteiger partial charge in [-0.25, -0.2) is 9.36 Å². The van der Waals surface area contributed by atoms with Crippen LogP contribution in [0.4, 0.5) is 0 Å². The Bertz CT molecular complexity index is 1070. The summed E-state index contributed by atoms with van der Waals surface area (Å²) in [5.41, 5.74) is -1.53. The van der Waals surface area contributed by atoms with E-state index in [1.54, 1.807) is 24.3 Å². The van der Waals surface area contributed by atoms with Crippen LogP contribution in [0, 0.1) is 10.8 Å². The highest BCUT2D eigenvalue weighted by molar-refractivity contribution is 5.82. The summed E-state index contributed by atoms with van der Waals surface area (Å²) >= 11 is 0. The van der Waals surface area contributed by atoms with Gasteiger partial charge in [0.15, 0.2) is 0 Å². The Morgan fingerprint density at radius 1 is 1.27 bits per heavy atom. The van der Waals surface area contributed by atoms with E-state index >= 15 is 0 Å². The highest BCUT2D eigenvalue weighted by Crippen LogP contribution is 2.46. The summed E-state index contributed by atoms with van der Waals surface area (Å²) in [5, 5.41) is 20.9. The van der Waals surface area contributed by atoms with Crippen molar-refractivity contribution in [3.8, 4) is 17.3 Å². The fraction of sp³-hybridized carbons (Fsp3) is 0.500. The van der Waals surface area contributed by atoms with Crippen molar-refractivity contribution in [2.45, 2.75) is 46.1 Å². The number of aliphatic hydroxyl groups excluding tert-OH is 1. The van der Waals surface area contributed by atoms with Crippen molar-refractivity contribution < 1.29 is 14.9 Å². The lowest BCUT2D eigenvalue weighted by Crippen LogP contribution is -2.40. The molecule has 0 saturated heterocycles. The molecule has 0 aliphatic heterocycles. The minimum Gasteiger partial charge on any atom is -0.495 e. The highest BCUT2D eigenvalue weighted by Gasteiger charge is 2.40. The topological polar surface area (TPSA) is 117 Å². The lowest BCUT2D eigenvalue weighted by atomic mass is 9.63. The number of aliphatic hydroxyl groups is 1. The molecular formula is C22H29N3O5. The van der Waals surface area contributed by atoms with Crippen LogP contribution in [0.25, 0.3) is 5.69 Å². The van der Waals surface area contributed by atoms with Gasteiger partial charge < -0.3 is 14.9 Å². The van der Waals surface area contributed by atoms with Gasteiger partial charge in [0, 0.05) is 12.8 Å². The zero-order chi connectivity index (χ0) is 22.1. The smallest absolute Gasteiger partial charge is 0.335 e. The van der Waals surface area contributed by atoms with Crippen molar-refractivity contribution in [2.24, 2.45) is 15.8 Å². The Balaban J connectivity index is 1.96. The Hall–Kier alpha value is -2.87. The normalized spacial score (nSPS) is 23.6. The summed E-state index contributed by atoms with van der Waals surface area (Å²) < 4.78 is 6.25. The molecule has 0 bridgehead atoms. The van der Waals surface area contributed by atoms with Crippen molar-refractivity contribution in [1.29, 1.82) is 0 Å². The summed E-state index contributed by atoms with van der Waals surface area (Å²) in [6.45, 7) is 6.70. The molecular weight excluding hydrogens is 386 g/mol. The fourth-order valence-electron chi connectivity index (χ4n) is 4.75.